The summed E-state index contributed by atoms with van der Waals surface area (Å²) in [7, 11) is 0. The van der Waals surface area contributed by atoms with Gasteiger partial charge in [-0.05, 0) is 36.3 Å². The third-order valence-corrected chi connectivity index (χ3v) is 2.83. The molecule has 2 rings (SSSR count). The van der Waals surface area contributed by atoms with Gasteiger partial charge in [-0.2, -0.15) is 0 Å². The molecule has 0 aliphatic heterocycles. The number of hydrogen-bond donors (Lipinski definition) is 1. The molecular weight excluding hydrogens is 246 g/mol. The van der Waals surface area contributed by atoms with Gasteiger partial charge < -0.3 is 5.32 Å². The van der Waals surface area contributed by atoms with Crippen LogP contribution in [0.25, 0.3) is 6.08 Å². The van der Waals surface area contributed by atoms with Crippen LogP contribution in [0.1, 0.15) is 12.5 Å². The number of rotatable bonds is 5. The lowest BCUT2D eigenvalue weighted by molar-refractivity contribution is -0.111. The minimum Gasteiger partial charge on any atom is -0.362 e. The van der Waals surface area contributed by atoms with E-state index in [0.29, 0.717) is 5.57 Å². The summed E-state index contributed by atoms with van der Waals surface area (Å²) in [4.78, 5) is 11.9. The Labute approximate surface area is 119 Å². The quantitative estimate of drug-likeness (QED) is 0.815. The van der Waals surface area contributed by atoms with Crippen molar-refractivity contribution in [1.82, 2.24) is 0 Å². The molecule has 0 atom stereocenters. The van der Waals surface area contributed by atoms with Gasteiger partial charge in [0.1, 0.15) is 0 Å². The SMILES string of the molecule is C/C(=C/c1ccccc1)C(=O)/C=C/Nc1ccccc1. The molecule has 0 bridgehead atoms. The zero-order valence-electron chi connectivity index (χ0n) is 11.4. The number of carbonyl (C=O) groups is 1. The Kier molecular flexibility index (Phi) is 4.90. The highest BCUT2D eigenvalue weighted by atomic mass is 16.1. The van der Waals surface area contributed by atoms with E-state index in [4.69, 9.17) is 0 Å². The summed E-state index contributed by atoms with van der Waals surface area (Å²) in [6.45, 7) is 1.82. The van der Waals surface area contributed by atoms with Crippen LogP contribution in [0.4, 0.5) is 5.69 Å². The first-order valence-corrected chi connectivity index (χ1v) is 6.51. The van der Waals surface area contributed by atoms with E-state index in [1.807, 2.05) is 73.7 Å². The molecule has 0 aliphatic rings. The van der Waals surface area contributed by atoms with Gasteiger partial charge in [0.15, 0.2) is 5.78 Å². The number of ketones is 1. The molecule has 0 aromatic heterocycles. The fraction of sp³-hybridized carbons (Fsp3) is 0.0556. The Morgan fingerprint density at radius 2 is 1.55 bits per heavy atom. The van der Waals surface area contributed by atoms with Crippen molar-refractivity contribution in [2.24, 2.45) is 0 Å². The zero-order valence-corrected chi connectivity index (χ0v) is 11.4. The zero-order chi connectivity index (χ0) is 14.2. The molecule has 20 heavy (non-hydrogen) atoms. The molecule has 0 fully saturated rings. The predicted molar refractivity (Wildman–Crippen MR) is 84.3 cm³/mol. The summed E-state index contributed by atoms with van der Waals surface area (Å²) in [5.74, 6) is -0.00251. The smallest absolute Gasteiger partial charge is 0.182 e. The second kappa shape index (κ2) is 7.10. The molecule has 0 heterocycles. The van der Waals surface area contributed by atoms with Crippen molar-refractivity contribution in [3.63, 3.8) is 0 Å². The average Bonchev–Trinajstić information content (AvgIpc) is 2.49. The van der Waals surface area contributed by atoms with E-state index < -0.39 is 0 Å². The highest BCUT2D eigenvalue weighted by molar-refractivity contribution is 6.06. The number of para-hydroxylation sites is 1. The number of anilines is 1. The van der Waals surface area contributed by atoms with E-state index in [1.54, 1.807) is 12.3 Å². The van der Waals surface area contributed by atoms with Gasteiger partial charge in [-0.25, -0.2) is 0 Å². The largest absolute Gasteiger partial charge is 0.362 e. The monoisotopic (exact) mass is 263 g/mol. The lowest BCUT2D eigenvalue weighted by Gasteiger charge is -1.99. The third kappa shape index (κ3) is 4.25. The van der Waals surface area contributed by atoms with Crippen LogP contribution in [-0.2, 0) is 4.79 Å². The highest BCUT2D eigenvalue weighted by Gasteiger charge is 1.99. The second-order valence-electron chi connectivity index (χ2n) is 4.45. The van der Waals surface area contributed by atoms with Crippen LogP contribution in [0, 0.1) is 0 Å². The van der Waals surface area contributed by atoms with Crippen molar-refractivity contribution in [2.45, 2.75) is 6.92 Å². The lowest BCUT2D eigenvalue weighted by Crippen LogP contribution is -1.96. The Balaban J connectivity index is 1.96. The van der Waals surface area contributed by atoms with Crippen LogP contribution in [-0.4, -0.2) is 5.78 Å². The molecule has 2 aromatic rings. The van der Waals surface area contributed by atoms with Gasteiger partial charge in [0, 0.05) is 18.0 Å². The number of benzene rings is 2. The predicted octanol–water partition coefficient (Wildman–Crippen LogP) is 4.28. The summed E-state index contributed by atoms with van der Waals surface area (Å²) in [6.07, 6.45) is 5.09. The fourth-order valence-electron chi connectivity index (χ4n) is 1.75. The van der Waals surface area contributed by atoms with Crippen LogP contribution in [0.3, 0.4) is 0 Å². The normalized spacial score (nSPS) is 11.6. The van der Waals surface area contributed by atoms with Crippen molar-refractivity contribution in [2.75, 3.05) is 5.32 Å². The Morgan fingerprint density at radius 1 is 0.950 bits per heavy atom. The number of hydrogen-bond acceptors (Lipinski definition) is 2. The van der Waals surface area contributed by atoms with Gasteiger partial charge in [0.2, 0.25) is 0 Å². The van der Waals surface area contributed by atoms with E-state index in [2.05, 4.69) is 5.32 Å². The van der Waals surface area contributed by atoms with Crippen LogP contribution in [0.15, 0.2) is 78.5 Å². The second-order valence-corrected chi connectivity index (χ2v) is 4.45. The molecule has 0 saturated carbocycles. The third-order valence-electron chi connectivity index (χ3n) is 2.83. The van der Waals surface area contributed by atoms with E-state index in [9.17, 15) is 4.79 Å². The molecular formula is C18H17NO. The van der Waals surface area contributed by atoms with E-state index in [0.717, 1.165) is 11.3 Å². The Hall–Kier alpha value is -2.61. The van der Waals surface area contributed by atoms with Crippen LogP contribution in [0.2, 0.25) is 0 Å². The first kappa shape index (κ1) is 13.8. The Morgan fingerprint density at radius 3 is 2.20 bits per heavy atom. The summed E-state index contributed by atoms with van der Waals surface area (Å²) < 4.78 is 0. The lowest BCUT2D eigenvalue weighted by atomic mass is 10.1. The van der Waals surface area contributed by atoms with Crippen molar-refractivity contribution in [1.29, 1.82) is 0 Å². The van der Waals surface area contributed by atoms with Gasteiger partial charge in [-0.1, -0.05) is 48.5 Å². The summed E-state index contributed by atoms with van der Waals surface area (Å²) in [6, 6.07) is 19.5. The first-order chi connectivity index (χ1) is 9.75. The molecule has 0 saturated heterocycles. The maximum absolute atomic E-state index is 11.9. The molecule has 0 amide bonds. The molecule has 2 nitrogen and oxygen atoms in total. The van der Waals surface area contributed by atoms with E-state index in [-0.39, 0.29) is 5.78 Å². The molecule has 0 spiro atoms. The van der Waals surface area contributed by atoms with Crippen molar-refractivity contribution >= 4 is 17.5 Å². The fourth-order valence-corrected chi connectivity index (χ4v) is 1.75. The minimum absolute atomic E-state index is 0.00251. The van der Waals surface area contributed by atoms with Gasteiger partial charge in [0.25, 0.3) is 0 Å². The summed E-state index contributed by atoms with van der Waals surface area (Å²) in [5.41, 5.74) is 2.70. The maximum atomic E-state index is 11.9. The molecule has 1 N–H and O–H groups in total. The van der Waals surface area contributed by atoms with Crippen molar-refractivity contribution in [3.05, 3.63) is 84.1 Å². The standard InChI is InChI=1S/C18H17NO/c1-15(14-16-8-4-2-5-9-16)18(20)12-13-19-17-10-6-3-7-11-17/h2-14,19H,1H3/b13-12+,15-14-. The maximum Gasteiger partial charge on any atom is 0.182 e. The topological polar surface area (TPSA) is 29.1 Å². The number of carbonyl (C=O) groups excluding carboxylic acids is 1. The van der Waals surface area contributed by atoms with Gasteiger partial charge in [0.05, 0.1) is 0 Å². The molecule has 0 aliphatic carbocycles. The van der Waals surface area contributed by atoms with Gasteiger partial charge in [-0.15, -0.1) is 0 Å². The highest BCUT2D eigenvalue weighted by Crippen LogP contribution is 2.08. The van der Waals surface area contributed by atoms with Gasteiger partial charge >= 0.3 is 0 Å². The molecule has 0 unspecified atom stereocenters. The summed E-state index contributed by atoms with van der Waals surface area (Å²) >= 11 is 0. The molecule has 2 heteroatoms. The van der Waals surface area contributed by atoms with Gasteiger partial charge in [-0.3, -0.25) is 4.79 Å². The van der Waals surface area contributed by atoms with Crippen LogP contribution in [0.5, 0.6) is 0 Å². The number of allylic oxidation sites excluding steroid dienone is 2. The average molecular weight is 263 g/mol. The van der Waals surface area contributed by atoms with Crippen molar-refractivity contribution < 1.29 is 4.79 Å². The minimum atomic E-state index is -0.00251. The molecule has 0 radical (unpaired) electrons. The van der Waals surface area contributed by atoms with E-state index in [1.165, 1.54) is 0 Å². The van der Waals surface area contributed by atoms with E-state index >= 15 is 0 Å². The van der Waals surface area contributed by atoms with Crippen molar-refractivity contribution in [3.8, 4) is 0 Å². The molecule has 100 valence electrons. The van der Waals surface area contributed by atoms with Crippen LogP contribution >= 0.6 is 0 Å². The first-order valence-electron chi connectivity index (χ1n) is 6.51. The Bertz CT molecular complexity index is 612. The molecule has 2 aromatic carbocycles. The summed E-state index contributed by atoms with van der Waals surface area (Å²) in [5, 5.41) is 3.07. The number of nitrogens with one attached hydrogen (secondary N) is 1. The van der Waals surface area contributed by atoms with Crippen LogP contribution < -0.4 is 5.32 Å².